The van der Waals surface area contributed by atoms with Crippen LogP contribution < -0.4 is 10.0 Å². The van der Waals surface area contributed by atoms with Crippen molar-refractivity contribution in [1.29, 1.82) is 0 Å². The van der Waals surface area contributed by atoms with Gasteiger partial charge in [-0.3, -0.25) is 9.52 Å². The molecule has 3 aromatic carbocycles. The summed E-state index contributed by atoms with van der Waals surface area (Å²) in [5.74, 6) is -0.267. The van der Waals surface area contributed by atoms with Gasteiger partial charge in [-0.25, -0.2) is 8.42 Å². The standard InChI is InChI=1S/C24H27N3O3S/c1-3-27(2)18-20-10-7-9-19(15-20)17-25-24(28)21-11-8-12-22(16-21)26-31(29,30)23-13-5-4-6-14-23/h4-16,26H,3,17-18H2,1-2H3,(H,25,28). The fourth-order valence-corrected chi connectivity index (χ4v) is 4.15. The van der Waals surface area contributed by atoms with Crippen LogP contribution in [0.25, 0.3) is 0 Å². The third-order valence-corrected chi connectivity index (χ3v) is 6.26. The predicted molar refractivity (Wildman–Crippen MR) is 123 cm³/mol. The number of anilines is 1. The molecule has 0 aromatic heterocycles. The van der Waals surface area contributed by atoms with Gasteiger partial charge in [-0.15, -0.1) is 0 Å². The highest BCUT2D eigenvalue weighted by molar-refractivity contribution is 7.92. The number of rotatable bonds is 9. The Kier molecular flexibility index (Phi) is 7.44. The van der Waals surface area contributed by atoms with E-state index >= 15 is 0 Å². The molecule has 0 aliphatic heterocycles. The van der Waals surface area contributed by atoms with Gasteiger partial charge in [-0.05, 0) is 55.1 Å². The number of sulfonamides is 1. The molecule has 0 heterocycles. The highest BCUT2D eigenvalue weighted by atomic mass is 32.2. The lowest BCUT2D eigenvalue weighted by Gasteiger charge is -2.14. The van der Waals surface area contributed by atoms with Crippen molar-refractivity contribution in [2.45, 2.75) is 24.9 Å². The van der Waals surface area contributed by atoms with Gasteiger partial charge in [0, 0.05) is 24.3 Å². The first-order valence-electron chi connectivity index (χ1n) is 10.1. The average Bonchev–Trinajstić information content (AvgIpc) is 2.78. The largest absolute Gasteiger partial charge is 0.348 e. The van der Waals surface area contributed by atoms with Gasteiger partial charge in [0.2, 0.25) is 0 Å². The van der Waals surface area contributed by atoms with Crippen molar-refractivity contribution >= 4 is 21.6 Å². The van der Waals surface area contributed by atoms with Crippen molar-refractivity contribution in [3.63, 3.8) is 0 Å². The molecule has 0 saturated carbocycles. The van der Waals surface area contributed by atoms with Crippen molar-refractivity contribution in [3.05, 3.63) is 95.6 Å². The SMILES string of the molecule is CCN(C)Cc1cccc(CNC(=O)c2cccc(NS(=O)(=O)c3ccccc3)c2)c1. The van der Waals surface area contributed by atoms with E-state index in [1.54, 1.807) is 36.4 Å². The summed E-state index contributed by atoms with van der Waals surface area (Å²) in [6.07, 6.45) is 0. The Morgan fingerprint density at radius 1 is 0.903 bits per heavy atom. The smallest absolute Gasteiger partial charge is 0.261 e. The van der Waals surface area contributed by atoms with Gasteiger partial charge >= 0.3 is 0 Å². The van der Waals surface area contributed by atoms with Gasteiger partial charge in [0.1, 0.15) is 0 Å². The molecule has 0 fully saturated rings. The Labute approximate surface area is 184 Å². The lowest BCUT2D eigenvalue weighted by molar-refractivity contribution is 0.0951. The van der Waals surface area contributed by atoms with Crippen LogP contribution in [-0.4, -0.2) is 32.8 Å². The van der Waals surface area contributed by atoms with Crippen LogP contribution in [0, 0.1) is 0 Å². The van der Waals surface area contributed by atoms with E-state index in [1.807, 2.05) is 12.1 Å². The number of carbonyl (C=O) groups is 1. The van der Waals surface area contributed by atoms with Crippen molar-refractivity contribution in [3.8, 4) is 0 Å². The molecular weight excluding hydrogens is 410 g/mol. The molecule has 31 heavy (non-hydrogen) atoms. The Balaban J connectivity index is 1.65. The van der Waals surface area contributed by atoms with E-state index in [4.69, 9.17) is 0 Å². The van der Waals surface area contributed by atoms with Crippen LogP contribution in [-0.2, 0) is 23.1 Å². The van der Waals surface area contributed by atoms with Crippen LogP contribution in [0.3, 0.4) is 0 Å². The van der Waals surface area contributed by atoms with E-state index < -0.39 is 10.0 Å². The second-order valence-corrected chi connectivity index (χ2v) is 9.01. The van der Waals surface area contributed by atoms with Crippen molar-refractivity contribution in [2.24, 2.45) is 0 Å². The molecule has 3 aromatic rings. The number of amides is 1. The van der Waals surface area contributed by atoms with Crippen LogP contribution in [0.5, 0.6) is 0 Å². The predicted octanol–water partition coefficient (Wildman–Crippen LogP) is 3.87. The normalized spacial score (nSPS) is 11.3. The molecule has 0 spiro atoms. The molecule has 7 heteroatoms. The Bertz CT molecular complexity index is 1130. The van der Waals surface area contributed by atoms with Crippen LogP contribution in [0.2, 0.25) is 0 Å². The zero-order valence-corrected chi connectivity index (χ0v) is 18.5. The third kappa shape index (κ3) is 6.41. The summed E-state index contributed by atoms with van der Waals surface area (Å²) in [5, 5.41) is 2.90. The van der Waals surface area contributed by atoms with Crippen LogP contribution in [0.1, 0.15) is 28.4 Å². The number of nitrogens with zero attached hydrogens (tertiary/aromatic N) is 1. The summed E-state index contributed by atoms with van der Waals surface area (Å²) in [6, 6.07) is 22.7. The first-order valence-corrected chi connectivity index (χ1v) is 11.6. The third-order valence-electron chi connectivity index (χ3n) is 4.87. The molecule has 0 aliphatic carbocycles. The molecule has 6 nitrogen and oxygen atoms in total. The zero-order valence-electron chi connectivity index (χ0n) is 17.7. The van der Waals surface area contributed by atoms with E-state index in [0.717, 1.165) is 18.7 Å². The zero-order chi connectivity index (χ0) is 22.3. The number of carbonyl (C=O) groups excluding carboxylic acids is 1. The molecule has 2 N–H and O–H groups in total. The molecule has 0 aliphatic rings. The van der Waals surface area contributed by atoms with E-state index in [-0.39, 0.29) is 10.8 Å². The van der Waals surface area contributed by atoms with Crippen LogP contribution in [0.15, 0.2) is 83.8 Å². The maximum atomic E-state index is 12.6. The minimum Gasteiger partial charge on any atom is -0.348 e. The summed E-state index contributed by atoms with van der Waals surface area (Å²) < 4.78 is 27.5. The monoisotopic (exact) mass is 437 g/mol. The summed E-state index contributed by atoms with van der Waals surface area (Å²) >= 11 is 0. The Morgan fingerprint density at radius 2 is 1.61 bits per heavy atom. The Morgan fingerprint density at radius 3 is 2.35 bits per heavy atom. The lowest BCUT2D eigenvalue weighted by atomic mass is 10.1. The minimum absolute atomic E-state index is 0.165. The van der Waals surface area contributed by atoms with E-state index in [1.165, 1.54) is 23.8 Å². The summed E-state index contributed by atoms with van der Waals surface area (Å²) in [6.45, 7) is 4.31. The van der Waals surface area contributed by atoms with Crippen LogP contribution in [0.4, 0.5) is 5.69 Å². The molecule has 0 saturated heterocycles. The molecule has 0 radical (unpaired) electrons. The fraction of sp³-hybridized carbons (Fsp3) is 0.208. The Hall–Kier alpha value is -3.16. The molecule has 162 valence electrons. The molecule has 0 atom stereocenters. The molecular formula is C24H27N3O3S. The average molecular weight is 438 g/mol. The van der Waals surface area contributed by atoms with Crippen molar-refractivity contribution in [1.82, 2.24) is 10.2 Å². The first-order chi connectivity index (χ1) is 14.9. The second kappa shape index (κ2) is 10.2. The van der Waals surface area contributed by atoms with E-state index in [9.17, 15) is 13.2 Å². The number of benzene rings is 3. The van der Waals surface area contributed by atoms with Gasteiger partial charge in [0.05, 0.1) is 4.90 Å². The summed E-state index contributed by atoms with van der Waals surface area (Å²) in [5.41, 5.74) is 2.92. The minimum atomic E-state index is -3.71. The first kappa shape index (κ1) is 22.5. The number of hydrogen-bond donors (Lipinski definition) is 2. The van der Waals surface area contributed by atoms with Crippen molar-refractivity contribution < 1.29 is 13.2 Å². The fourth-order valence-electron chi connectivity index (χ4n) is 3.08. The van der Waals surface area contributed by atoms with E-state index in [0.29, 0.717) is 17.8 Å². The van der Waals surface area contributed by atoms with Crippen molar-refractivity contribution in [2.75, 3.05) is 18.3 Å². The highest BCUT2D eigenvalue weighted by Gasteiger charge is 2.14. The number of hydrogen-bond acceptors (Lipinski definition) is 4. The maximum absolute atomic E-state index is 12.6. The highest BCUT2D eigenvalue weighted by Crippen LogP contribution is 2.17. The lowest BCUT2D eigenvalue weighted by Crippen LogP contribution is -2.23. The topological polar surface area (TPSA) is 78.5 Å². The van der Waals surface area contributed by atoms with Crippen LogP contribution >= 0.6 is 0 Å². The molecule has 3 rings (SSSR count). The van der Waals surface area contributed by atoms with Gasteiger partial charge in [0.25, 0.3) is 15.9 Å². The van der Waals surface area contributed by atoms with Gasteiger partial charge in [0.15, 0.2) is 0 Å². The molecule has 0 bridgehead atoms. The maximum Gasteiger partial charge on any atom is 0.261 e. The van der Waals surface area contributed by atoms with Gasteiger partial charge in [-0.2, -0.15) is 0 Å². The second-order valence-electron chi connectivity index (χ2n) is 7.33. The number of nitrogens with one attached hydrogen (secondary N) is 2. The summed E-state index contributed by atoms with van der Waals surface area (Å²) in [7, 11) is -1.65. The van der Waals surface area contributed by atoms with E-state index in [2.05, 4.69) is 41.0 Å². The van der Waals surface area contributed by atoms with Gasteiger partial charge < -0.3 is 10.2 Å². The molecule has 1 amide bonds. The summed E-state index contributed by atoms with van der Waals surface area (Å²) in [4.78, 5) is 15.0. The van der Waals surface area contributed by atoms with Gasteiger partial charge in [-0.1, -0.05) is 55.5 Å². The molecule has 0 unspecified atom stereocenters. The quantitative estimate of drug-likeness (QED) is 0.533.